The maximum Gasteiger partial charge on any atom is 0.416 e. The van der Waals surface area contributed by atoms with Gasteiger partial charge in [0.15, 0.2) is 0 Å². The van der Waals surface area contributed by atoms with Gasteiger partial charge in [0.1, 0.15) is 0 Å². The average molecular weight is 552 g/mol. The van der Waals surface area contributed by atoms with Crippen molar-refractivity contribution in [2.45, 2.75) is 13.1 Å². The molecule has 9 heteroatoms. The highest BCUT2D eigenvalue weighted by atomic mass is 35.5. The zero-order valence-electron chi connectivity index (χ0n) is 21.1. The van der Waals surface area contributed by atoms with Crippen molar-refractivity contribution in [2.75, 3.05) is 26.2 Å². The summed E-state index contributed by atoms with van der Waals surface area (Å²) in [4.78, 5) is 29.8. The number of nitrogens with zero attached hydrogens (tertiary/aromatic N) is 3. The van der Waals surface area contributed by atoms with Crippen molar-refractivity contribution in [2.24, 2.45) is 0 Å². The largest absolute Gasteiger partial charge is 0.416 e. The normalized spacial score (nSPS) is 14.0. The van der Waals surface area contributed by atoms with Crippen molar-refractivity contribution in [3.05, 3.63) is 112 Å². The van der Waals surface area contributed by atoms with Gasteiger partial charge in [0.25, 0.3) is 11.8 Å². The molecule has 3 aromatic carbocycles. The van der Waals surface area contributed by atoms with E-state index in [4.69, 9.17) is 11.6 Å². The minimum absolute atomic E-state index is 0.0234. The first kappa shape index (κ1) is 26.6. The maximum absolute atomic E-state index is 13.7. The van der Waals surface area contributed by atoms with Gasteiger partial charge in [-0.2, -0.15) is 13.2 Å². The number of carbonyl (C=O) groups is 2. The van der Waals surface area contributed by atoms with E-state index < -0.39 is 17.6 Å². The number of hydrogen-bond donors (Lipinski definition) is 0. The predicted molar refractivity (Wildman–Crippen MR) is 144 cm³/mol. The summed E-state index contributed by atoms with van der Waals surface area (Å²) in [5, 5.41) is 0.550. The topological polar surface area (TPSA) is 45.6 Å². The van der Waals surface area contributed by atoms with E-state index in [2.05, 4.69) is 0 Å². The van der Waals surface area contributed by atoms with Crippen LogP contribution in [0, 0.1) is 6.92 Å². The molecule has 0 aliphatic carbocycles. The molecule has 0 bridgehead atoms. The van der Waals surface area contributed by atoms with E-state index in [-0.39, 0.29) is 37.6 Å². The van der Waals surface area contributed by atoms with Crippen LogP contribution in [-0.2, 0) is 6.18 Å². The predicted octanol–water partition coefficient (Wildman–Crippen LogP) is 6.72. The highest BCUT2D eigenvalue weighted by molar-refractivity contribution is 6.32. The molecular weight excluding hydrogens is 527 g/mol. The summed E-state index contributed by atoms with van der Waals surface area (Å²) in [6, 6.07) is 23.4. The van der Waals surface area contributed by atoms with Gasteiger partial charge in [0.2, 0.25) is 0 Å². The lowest BCUT2D eigenvalue weighted by Gasteiger charge is -2.35. The molecule has 0 saturated carbocycles. The summed E-state index contributed by atoms with van der Waals surface area (Å²) in [5.41, 5.74) is 2.87. The molecule has 2 amide bonds. The molecule has 39 heavy (non-hydrogen) atoms. The number of benzene rings is 3. The Hall–Kier alpha value is -4.04. The van der Waals surface area contributed by atoms with Crippen molar-refractivity contribution >= 4 is 23.4 Å². The number of amides is 2. The SMILES string of the molecule is Cc1c(C(=O)N2CCN(C(=O)c3cccc(C(F)(F)F)c3)CC2)cc(-c2ccccc2)n1-c1ccccc1Cl. The van der Waals surface area contributed by atoms with Gasteiger partial charge in [-0.1, -0.05) is 60.1 Å². The van der Waals surface area contributed by atoms with Gasteiger partial charge in [-0.25, -0.2) is 0 Å². The third-order valence-electron chi connectivity index (χ3n) is 6.93. The zero-order chi connectivity index (χ0) is 27.7. The third kappa shape index (κ3) is 5.29. The lowest BCUT2D eigenvalue weighted by Crippen LogP contribution is -2.50. The Labute approximate surface area is 229 Å². The van der Waals surface area contributed by atoms with E-state index in [9.17, 15) is 22.8 Å². The van der Waals surface area contributed by atoms with Crippen molar-refractivity contribution in [3.63, 3.8) is 0 Å². The molecular formula is C30H25ClF3N3O2. The van der Waals surface area contributed by atoms with Crippen LogP contribution in [0.15, 0.2) is 84.9 Å². The number of halogens is 4. The fourth-order valence-corrected chi connectivity index (χ4v) is 5.10. The number of alkyl halides is 3. The standard InChI is InChI=1S/C30H25ClF3N3O2/c1-20-24(19-27(21-8-3-2-4-9-21)37(20)26-13-6-5-12-25(26)31)29(39)36-16-14-35(15-17-36)28(38)22-10-7-11-23(18-22)30(32,33)34/h2-13,18-19H,14-17H2,1H3. The van der Waals surface area contributed by atoms with E-state index in [1.54, 1.807) is 11.0 Å². The Morgan fingerprint density at radius 1 is 0.769 bits per heavy atom. The zero-order valence-corrected chi connectivity index (χ0v) is 21.8. The molecule has 1 aliphatic rings. The van der Waals surface area contributed by atoms with Crippen LogP contribution in [0.25, 0.3) is 16.9 Å². The fraction of sp³-hybridized carbons (Fsp3) is 0.200. The van der Waals surface area contributed by atoms with E-state index in [1.807, 2.05) is 66.1 Å². The summed E-state index contributed by atoms with van der Waals surface area (Å²) in [5.74, 6) is -0.665. The smallest absolute Gasteiger partial charge is 0.335 e. The molecule has 2 heterocycles. The summed E-state index contributed by atoms with van der Waals surface area (Å²) >= 11 is 6.54. The van der Waals surface area contributed by atoms with Gasteiger partial charge in [-0.3, -0.25) is 9.59 Å². The fourth-order valence-electron chi connectivity index (χ4n) is 4.88. The molecule has 5 rings (SSSR count). The quantitative estimate of drug-likeness (QED) is 0.282. The molecule has 4 aromatic rings. The van der Waals surface area contributed by atoms with Crippen LogP contribution in [0.1, 0.15) is 32.0 Å². The molecule has 0 unspecified atom stereocenters. The van der Waals surface area contributed by atoms with Crippen molar-refractivity contribution in [3.8, 4) is 16.9 Å². The van der Waals surface area contributed by atoms with Crippen LogP contribution >= 0.6 is 11.6 Å². The van der Waals surface area contributed by atoms with Crippen molar-refractivity contribution in [1.29, 1.82) is 0 Å². The van der Waals surface area contributed by atoms with E-state index in [0.29, 0.717) is 10.6 Å². The minimum Gasteiger partial charge on any atom is -0.335 e. The lowest BCUT2D eigenvalue weighted by atomic mass is 10.1. The van der Waals surface area contributed by atoms with Crippen LogP contribution in [0.5, 0.6) is 0 Å². The Bertz CT molecular complexity index is 1520. The Kier molecular flexibility index (Phi) is 7.23. The van der Waals surface area contributed by atoms with E-state index >= 15 is 0 Å². The number of carbonyl (C=O) groups excluding carboxylic acids is 2. The van der Waals surface area contributed by atoms with Gasteiger partial charge in [0, 0.05) is 37.4 Å². The van der Waals surface area contributed by atoms with Crippen molar-refractivity contribution < 1.29 is 22.8 Å². The van der Waals surface area contributed by atoms with Crippen LogP contribution < -0.4 is 0 Å². The van der Waals surface area contributed by atoms with Crippen LogP contribution in [0.3, 0.4) is 0 Å². The van der Waals surface area contributed by atoms with E-state index in [1.165, 1.54) is 17.0 Å². The number of para-hydroxylation sites is 1. The first-order valence-electron chi connectivity index (χ1n) is 12.4. The Morgan fingerprint density at radius 2 is 1.38 bits per heavy atom. The molecule has 200 valence electrons. The van der Waals surface area contributed by atoms with Gasteiger partial charge < -0.3 is 14.4 Å². The lowest BCUT2D eigenvalue weighted by molar-refractivity contribution is -0.137. The molecule has 1 aromatic heterocycles. The maximum atomic E-state index is 13.7. The second-order valence-corrected chi connectivity index (χ2v) is 9.75. The first-order chi connectivity index (χ1) is 18.6. The van der Waals surface area contributed by atoms with Crippen LogP contribution in [-0.4, -0.2) is 52.4 Å². The van der Waals surface area contributed by atoms with Crippen LogP contribution in [0.2, 0.25) is 5.02 Å². The molecule has 0 radical (unpaired) electrons. The molecule has 0 atom stereocenters. The first-order valence-corrected chi connectivity index (χ1v) is 12.8. The second-order valence-electron chi connectivity index (χ2n) is 9.34. The van der Waals surface area contributed by atoms with Crippen LogP contribution in [0.4, 0.5) is 13.2 Å². The molecule has 0 N–H and O–H groups in total. The Morgan fingerprint density at radius 3 is 2.03 bits per heavy atom. The van der Waals surface area contributed by atoms with Crippen molar-refractivity contribution in [1.82, 2.24) is 14.4 Å². The van der Waals surface area contributed by atoms with Gasteiger partial charge >= 0.3 is 6.18 Å². The van der Waals surface area contributed by atoms with Gasteiger partial charge in [-0.15, -0.1) is 0 Å². The molecule has 1 fully saturated rings. The minimum atomic E-state index is -4.53. The van der Waals surface area contributed by atoms with Gasteiger partial charge in [0.05, 0.1) is 27.5 Å². The number of piperazine rings is 1. The second kappa shape index (κ2) is 10.6. The Balaban J connectivity index is 1.38. The third-order valence-corrected chi connectivity index (χ3v) is 7.25. The highest BCUT2D eigenvalue weighted by Gasteiger charge is 2.32. The number of aromatic nitrogens is 1. The number of rotatable bonds is 4. The molecule has 1 aliphatic heterocycles. The summed E-state index contributed by atoms with van der Waals surface area (Å²) in [7, 11) is 0. The molecule has 5 nitrogen and oxygen atoms in total. The summed E-state index contributed by atoms with van der Waals surface area (Å²) in [6.45, 7) is 2.84. The summed E-state index contributed by atoms with van der Waals surface area (Å²) < 4.78 is 41.3. The molecule has 1 saturated heterocycles. The number of hydrogen-bond acceptors (Lipinski definition) is 2. The van der Waals surface area contributed by atoms with E-state index in [0.717, 1.165) is 34.8 Å². The monoisotopic (exact) mass is 551 g/mol. The summed E-state index contributed by atoms with van der Waals surface area (Å²) in [6.07, 6.45) is -4.53. The molecule has 0 spiro atoms. The highest BCUT2D eigenvalue weighted by Crippen LogP contribution is 2.33. The van der Waals surface area contributed by atoms with Gasteiger partial charge in [-0.05, 0) is 48.9 Å². The average Bonchev–Trinajstić information content (AvgIpc) is 3.29.